The van der Waals surface area contributed by atoms with Crippen molar-refractivity contribution in [2.24, 2.45) is 0 Å². The number of rotatable bonds is 16. The van der Waals surface area contributed by atoms with Crippen LogP contribution in [0, 0.1) is 0 Å². The molecule has 0 rings (SSSR count). The third kappa shape index (κ3) is 8.70. The summed E-state index contributed by atoms with van der Waals surface area (Å²) in [5.74, 6) is -14.6. The zero-order valence-electron chi connectivity index (χ0n) is 19.3. The van der Waals surface area contributed by atoms with Gasteiger partial charge < -0.3 is 0 Å². The summed E-state index contributed by atoms with van der Waals surface area (Å²) in [5, 5.41) is -6.82. The molecule has 0 radical (unpaired) electrons. The van der Waals surface area contributed by atoms with E-state index >= 15 is 0 Å². The Kier molecular flexibility index (Phi) is 11.1. The zero-order chi connectivity index (χ0) is 26.4. The van der Waals surface area contributed by atoms with Crippen LogP contribution in [0.1, 0.15) is 71.1 Å². The summed E-state index contributed by atoms with van der Waals surface area (Å²) in [7, 11) is -6.84. The van der Waals surface area contributed by atoms with Crippen LogP contribution in [0.15, 0.2) is 0 Å². The van der Waals surface area contributed by atoms with Gasteiger partial charge in [0.1, 0.15) is 0 Å². The first-order valence-corrected chi connectivity index (χ1v) is 15.8. The van der Waals surface area contributed by atoms with Gasteiger partial charge in [-0.25, -0.2) is 0 Å². The Labute approximate surface area is 190 Å². The Bertz CT molecular complexity index is 714. The molecule has 0 heterocycles. The second-order valence-corrected chi connectivity index (χ2v) is 18.0. The second kappa shape index (κ2) is 11.2. The third-order valence-corrected chi connectivity index (χ3v) is 10.8. The van der Waals surface area contributed by atoms with Gasteiger partial charge in [0.25, 0.3) is 0 Å². The van der Waals surface area contributed by atoms with Crippen LogP contribution in [-0.2, 0) is 14.1 Å². The van der Waals surface area contributed by atoms with Crippen LogP contribution < -0.4 is 0 Å². The molecule has 0 aromatic heterocycles. The molecule has 0 aliphatic rings. The fraction of sp³-hybridized carbons (Fsp3) is 1.00. The summed E-state index contributed by atoms with van der Waals surface area (Å²) in [5.41, 5.74) is 0. The molecule has 0 aromatic rings. The van der Waals surface area contributed by atoms with Crippen molar-refractivity contribution >= 4 is 16.9 Å². The van der Waals surface area contributed by atoms with Gasteiger partial charge in [-0.05, 0) is 0 Å². The SMILES string of the molecule is CCCCCCCCCCCCP(C)(C)(C)OS(=O)(=O)C(F)(F)C(F)(F)C(F)(F)C(F)(F)F. The quantitative estimate of drug-likeness (QED) is 0.112. The molecule has 14 heteroatoms. The Balaban J connectivity index is 5.08. The number of halogens is 9. The molecule has 202 valence electrons. The first kappa shape index (κ1) is 32.7. The first-order chi connectivity index (χ1) is 14.5. The first-order valence-electron chi connectivity index (χ1n) is 10.7. The van der Waals surface area contributed by atoms with Crippen LogP contribution >= 0.6 is 6.83 Å². The van der Waals surface area contributed by atoms with Crippen molar-refractivity contribution in [1.82, 2.24) is 0 Å². The minimum atomic E-state index is -7.30. The molecule has 0 saturated carbocycles. The molecular formula is C19H34F9O3PS. The van der Waals surface area contributed by atoms with Crippen LogP contribution in [0.5, 0.6) is 0 Å². The number of hydrogen-bond acceptors (Lipinski definition) is 3. The maximum atomic E-state index is 13.9. The summed E-state index contributed by atoms with van der Waals surface area (Å²) < 4.78 is 146. The van der Waals surface area contributed by atoms with Crippen molar-refractivity contribution in [2.45, 2.75) is 94.4 Å². The monoisotopic (exact) mass is 544 g/mol. The third-order valence-electron chi connectivity index (χ3n) is 5.08. The van der Waals surface area contributed by atoms with Gasteiger partial charge in [0.15, 0.2) is 0 Å². The number of hydrogen-bond donors (Lipinski definition) is 0. The summed E-state index contributed by atoms with van der Waals surface area (Å²) in [6, 6.07) is 0. The molecule has 3 nitrogen and oxygen atoms in total. The van der Waals surface area contributed by atoms with E-state index in [9.17, 15) is 47.9 Å². The molecule has 0 fully saturated rings. The molecule has 0 atom stereocenters. The predicted octanol–water partition coefficient (Wildman–Crippen LogP) is 8.04. The van der Waals surface area contributed by atoms with Crippen LogP contribution in [0.25, 0.3) is 0 Å². The van der Waals surface area contributed by atoms with Crippen molar-refractivity contribution in [2.75, 3.05) is 26.2 Å². The molecule has 0 unspecified atom stereocenters. The molecule has 0 aliphatic heterocycles. The zero-order valence-corrected chi connectivity index (χ0v) is 21.0. The topological polar surface area (TPSA) is 43.4 Å². The Morgan fingerprint density at radius 1 is 0.636 bits per heavy atom. The molecule has 0 spiro atoms. The fourth-order valence-corrected chi connectivity index (χ4v) is 8.43. The predicted molar refractivity (Wildman–Crippen MR) is 112 cm³/mol. The van der Waals surface area contributed by atoms with Crippen LogP contribution in [0.3, 0.4) is 0 Å². The fourth-order valence-electron chi connectivity index (χ4n) is 3.10. The van der Waals surface area contributed by atoms with E-state index in [-0.39, 0.29) is 12.6 Å². The average Bonchev–Trinajstić information content (AvgIpc) is 2.60. The molecule has 0 aromatic carbocycles. The summed E-state index contributed by atoms with van der Waals surface area (Å²) >= 11 is 0. The number of alkyl halides is 9. The molecule has 0 aliphatic carbocycles. The van der Waals surface area contributed by atoms with Gasteiger partial charge in [-0.3, -0.25) is 0 Å². The maximum absolute atomic E-state index is 13.9. The summed E-state index contributed by atoms with van der Waals surface area (Å²) in [6.07, 6.45) is 1.84. The molecule has 0 N–H and O–H groups in total. The molecular weight excluding hydrogens is 510 g/mol. The molecule has 0 saturated heterocycles. The van der Waals surface area contributed by atoms with E-state index in [2.05, 4.69) is 10.9 Å². The van der Waals surface area contributed by atoms with E-state index in [0.29, 0.717) is 6.42 Å². The summed E-state index contributed by atoms with van der Waals surface area (Å²) in [6.45, 7) is 1.24. The standard InChI is InChI=1S/C19H34F9O3PS/c1-5-6-7-8-9-10-11-12-13-14-15-32(2,3,4)31-33(29,30)19(27,28)17(22,23)16(20,21)18(24,25)26/h5-15H2,1-4H3. The number of unbranched alkanes of at least 4 members (excludes halogenated alkanes) is 9. The van der Waals surface area contributed by atoms with E-state index in [4.69, 9.17) is 0 Å². The van der Waals surface area contributed by atoms with Crippen molar-refractivity contribution in [3.05, 3.63) is 0 Å². The van der Waals surface area contributed by atoms with Crippen molar-refractivity contribution in [3.63, 3.8) is 0 Å². The van der Waals surface area contributed by atoms with E-state index < -0.39 is 40.2 Å². The van der Waals surface area contributed by atoms with E-state index in [1.807, 2.05) is 0 Å². The van der Waals surface area contributed by atoms with E-state index in [0.717, 1.165) is 64.9 Å². The second-order valence-electron chi connectivity index (χ2n) is 9.56. The van der Waals surface area contributed by atoms with Gasteiger partial charge in [-0.1, -0.05) is 0 Å². The van der Waals surface area contributed by atoms with E-state index in [1.165, 1.54) is 6.42 Å². The summed E-state index contributed by atoms with van der Waals surface area (Å²) in [4.78, 5) is 0. The van der Waals surface area contributed by atoms with Gasteiger partial charge >= 0.3 is 189 Å². The Morgan fingerprint density at radius 2 is 1.00 bits per heavy atom. The van der Waals surface area contributed by atoms with Crippen LogP contribution in [0.2, 0.25) is 0 Å². The average molecular weight is 545 g/mol. The van der Waals surface area contributed by atoms with Gasteiger partial charge in [0.05, 0.1) is 0 Å². The Hall–Kier alpha value is -0.290. The van der Waals surface area contributed by atoms with Gasteiger partial charge in [-0.15, -0.1) is 0 Å². The van der Waals surface area contributed by atoms with Crippen molar-refractivity contribution in [1.29, 1.82) is 0 Å². The molecule has 0 bridgehead atoms. The van der Waals surface area contributed by atoms with Crippen molar-refractivity contribution < 1.29 is 51.9 Å². The van der Waals surface area contributed by atoms with Gasteiger partial charge in [0.2, 0.25) is 0 Å². The molecule has 33 heavy (non-hydrogen) atoms. The van der Waals surface area contributed by atoms with Crippen LogP contribution in [-0.4, -0.2) is 57.9 Å². The van der Waals surface area contributed by atoms with Crippen molar-refractivity contribution in [3.8, 4) is 0 Å². The minimum absolute atomic E-state index is 0.126. The normalized spacial score (nSPS) is 16.0. The molecule has 0 amide bonds. The van der Waals surface area contributed by atoms with Gasteiger partial charge in [0, 0.05) is 0 Å². The van der Waals surface area contributed by atoms with Crippen LogP contribution in [0.4, 0.5) is 39.5 Å². The Morgan fingerprint density at radius 3 is 1.36 bits per heavy atom. The van der Waals surface area contributed by atoms with E-state index in [1.54, 1.807) is 0 Å². The van der Waals surface area contributed by atoms with Gasteiger partial charge in [-0.2, -0.15) is 0 Å².